The smallest absolute Gasteiger partial charge is 0.305 e. The SMILES string of the molecule is CC(CSc1ccc(F)cc1)C(=O)NC1(CC(=O)O)CCCC1. The Morgan fingerprint density at radius 2 is 1.91 bits per heavy atom. The summed E-state index contributed by atoms with van der Waals surface area (Å²) in [6.07, 6.45) is 3.33. The summed E-state index contributed by atoms with van der Waals surface area (Å²) in [5, 5.41) is 12.1. The third-order valence-corrected chi connectivity index (χ3v) is 5.47. The quantitative estimate of drug-likeness (QED) is 0.747. The standard InChI is InChI=1S/C17H22FNO3S/c1-12(11-23-14-6-4-13(18)5-7-14)16(22)19-17(10-15(20)21)8-2-3-9-17/h4-7,12H,2-3,8-11H2,1H3,(H,19,22)(H,20,21). The molecule has 1 saturated carbocycles. The van der Waals surface area contributed by atoms with Crippen LogP contribution < -0.4 is 5.32 Å². The zero-order chi connectivity index (χ0) is 16.9. The molecule has 126 valence electrons. The molecule has 0 saturated heterocycles. The van der Waals surface area contributed by atoms with Gasteiger partial charge in [-0.1, -0.05) is 19.8 Å². The number of carbonyl (C=O) groups excluding carboxylic acids is 1. The van der Waals surface area contributed by atoms with Gasteiger partial charge in [0.2, 0.25) is 5.91 Å². The highest BCUT2D eigenvalue weighted by atomic mass is 32.2. The highest BCUT2D eigenvalue weighted by molar-refractivity contribution is 7.99. The number of rotatable bonds is 7. The fourth-order valence-corrected chi connectivity index (χ4v) is 3.82. The van der Waals surface area contributed by atoms with Crippen molar-refractivity contribution in [1.29, 1.82) is 0 Å². The van der Waals surface area contributed by atoms with Crippen molar-refractivity contribution in [3.63, 3.8) is 0 Å². The molecule has 1 unspecified atom stereocenters. The summed E-state index contributed by atoms with van der Waals surface area (Å²) in [5.41, 5.74) is -0.586. The van der Waals surface area contributed by atoms with Crippen LogP contribution in [0.1, 0.15) is 39.0 Å². The van der Waals surface area contributed by atoms with Crippen LogP contribution in [-0.2, 0) is 9.59 Å². The average Bonchev–Trinajstić information content (AvgIpc) is 2.93. The van der Waals surface area contributed by atoms with E-state index < -0.39 is 11.5 Å². The van der Waals surface area contributed by atoms with Crippen LogP contribution in [0.15, 0.2) is 29.2 Å². The molecule has 1 amide bonds. The molecule has 2 N–H and O–H groups in total. The van der Waals surface area contributed by atoms with Gasteiger partial charge in [0.15, 0.2) is 0 Å². The molecule has 23 heavy (non-hydrogen) atoms. The number of amides is 1. The Morgan fingerprint density at radius 1 is 1.30 bits per heavy atom. The number of nitrogens with one attached hydrogen (secondary N) is 1. The largest absolute Gasteiger partial charge is 0.481 e. The van der Waals surface area contributed by atoms with E-state index in [1.54, 1.807) is 12.1 Å². The molecular weight excluding hydrogens is 317 g/mol. The molecule has 0 heterocycles. The van der Waals surface area contributed by atoms with Crippen molar-refractivity contribution in [3.05, 3.63) is 30.1 Å². The van der Waals surface area contributed by atoms with Crippen molar-refractivity contribution in [2.45, 2.75) is 49.5 Å². The maximum atomic E-state index is 12.9. The lowest BCUT2D eigenvalue weighted by atomic mass is 9.92. The molecule has 0 aromatic heterocycles. The summed E-state index contributed by atoms with van der Waals surface area (Å²) >= 11 is 1.49. The molecule has 1 aromatic carbocycles. The summed E-state index contributed by atoms with van der Waals surface area (Å²) in [6, 6.07) is 6.17. The van der Waals surface area contributed by atoms with E-state index >= 15 is 0 Å². The highest BCUT2D eigenvalue weighted by Gasteiger charge is 2.38. The zero-order valence-corrected chi connectivity index (χ0v) is 14.0. The van der Waals surface area contributed by atoms with Crippen LogP contribution in [0, 0.1) is 11.7 Å². The molecular formula is C17H22FNO3S. The number of hydrogen-bond donors (Lipinski definition) is 2. The molecule has 1 fully saturated rings. The Labute approximate surface area is 139 Å². The maximum absolute atomic E-state index is 12.9. The number of carboxylic acid groups (broad SMARTS) is 1. The second-order valence-electron chi connectivity index (χ2n) is 6.21. The maximum Gasteiger partial charge on any atom is 0.305 e. The summed E-state index contributed by atoms with van der Waals surface area (Å²) in [7, 11) is 0. The molecule has 0 aliphatic heterocycles. The minimum atomic E-state index is -0.874. The van der Waals surface area contributed by atoms with Gasteiger partial charge in [-0.15, -0.1) is 11.8 Å². The van der Waals surface area contributed by atoms with Crippen LogP contribution in [0.25, 0.3) is 0 Å². The molecule has 0 bridgehead atoms. The topological polar surface area (TPSA) is 66.4 Å². The first-order chi connectivity index (χ1) is 10.9. The predicted molar refractivity (Wildman–Crippen MR) is 87.9 cm³/mol. The average molecular weight is 339 g/mol. The highest BCUT2D eigenvalue weighted by Crippen LogP contribution is 2.33. The molecule has 1 atom stereocenters. The van der Waals surface area contributed by atoms with E-state index in [1.807, 2.05) is 6.92 Å². The Balaban J connectivity index is 1.88. The first-order valence-corrected chi connectivity index (χ1v) is 8.81. The minimum Gasteiger partial charge on any atom is -0.481 e. The van der Waals surface area contributed by atoms with Crippen molar-refractivity contribution in [1.82, 2.24) is 5.32 Å². The van der Waals surface area contributed by atoms with Gasteiger partial charge in [0.1, 0.15) is 5.82 Å². The van der Waals surface area contributed by atoms with Gasteiger partial charge in [-0.25, -0.2) is 4.39 Å². The fourth-order valence-electron chi connectivity index (χ4n) is 2.90. The Bertz CT molecular complexity index is 555. The van der Waals surface area contributed by atoms with E-state index in [0.717, 1.165) is 30.6 Å². The second kappa shape index (κ2) is 7.81. The number of halogens is 1. The van der Waals surface area contributed by atoms with Crippen molar-refractivity contribution >= 4 is 23.6 Å². The van der Waals surface area contributed by atoms with Crippen LogP contribution in [-0.4, -0.2) is 28.3 Å². The minimum absolute atomic E-state index is 0.0173. The van der Waals surface area contributed by atoms with Gasteiger partial charge in [-0.3, -0.25) is 9.59 Å². The molecule has 4 nitrogen and oxygen atoms in total. The lowest BCUT2D eigenvalue weighted by molar-refractivity contribution is -0.139. The van der Waals surface area contributed by atoms with Gasteiger partial charge in [-0.2, -0.15) is 0 Å². The van der Waals surface area contributed by atoms with Crippen molar-refractivity contribution in [3.8, 4) is 0 Å². The van der Waals surface area contributed by atoms with Crippen LogP contribution in [0.5, 0.6) is 0 Å². The van der Waals surface area contributed by atoms with E-state index in [4.69, 9.17) is 5.11 Å². The summed E-state index contributed by atoms with van der Waals surface area (Å²) in [5.74, 6) is -0.933. The normalized spacial score (nSPS) is 17.7. The summed E-state index contributed by atoms with van der Waals surface area (Å²) < 4.78 is 12.9. The van der Waals surface area contributed by atoms with Gasteiger partial charge in [0.05, 0.1) is 12.0 Å². The lowest BCUT2D eigenvalue weighted by Gasteiger charge is -2.30. The Hall–Kier alpha value is -1.56. The van der Waals surface area contributed by atoms with Gasteiger partial charge in [0, 0.05) is 16.6 Å². The second-order valence-corrected chi connectivity index (χ2v) is 7.31. The van der Waals surface area contributed by atoms with Gasteiger partial charge in [0.25, 0.3) is 0 Å². The van der Waals surface area contributed by atoms with Gasteiger partial charge >= 0.3 is 5.97 Å². The molecule has 0 radical (unpaired) electrons. The van der Waals surface area contributed by atoms with Crippen LogP contribution in [0.3, 0.4) is 0 Å². The number of carboxylic acids is 1. The number of benzene rings is 1. The predicted octanol–water partition coefficient (Wildman–Crippen LogP) is 3.46. The number of hydrogen-bond acceptors (Lipinski definition) is 3. The first kappa shape index (κ1) is 17.8. The van der Waals surface area contributed by atoms with E-state index in [9.17, 15) is 14.0 Å². The molecule has 1 aliphatic rings. The third kappa shape index (κ3) is 5.23. The number of thioether (sulfide) groups is 1. The molecule has 1 aromatic rings. The van der Waals surface area contributed by atoms with Crippen molar-refractivity contribution in [2.75, 3.05) is 5.75 Å². The van der Waals surface area contributed by atoms with Gasteiger partial charge < -0.3 is 10.4 Å². The van der Waals surface area contributed by atoms with E-state index in [0.29, 0.717) is 5.75 Å². The van der Waals surface area contributed by atoms with E-state index in [2.05, 4.69) is 5.32 Å². The fraction of sp³-hybridized carbons (Fsp3) is 0.529. The van der Waals surface area contributed by atoms with Crippen molar-refractivity contribution < 1.29 is 19.1 Å². The van der Waals surface area contributed by atoms with Crippen LogP contribution >= 0.6 is 11.8 Å². The van der Waals surface area contributed by atoms with Crippen LogP contribution in [0.4, 0.5) is 4.39 Å². The summed E-state index contributed by atoms with van der Waals surface area (Å²) in [6.45, 7) is 1.83. The van der Waals surface area contributed by atoms with E-state index in [1.165, 1.54) is 23.9 Å². The molecule has 2 rings (SSSR count). The summed E-state index contributed by atoms with van der Waals surface area (Å²) in [4.78, 5) is 24.4. The van der Waals surface area contributed by atoms with Gasteiger partial charge in [-0.05, 0) is 37.1 Å². The lowest BCUT2D eigenvalue weighted by Crippen LogP contribution is -2.49. The first-order valence-electron chi connectivity index (χ1n) is 7.82. The zero-order valence-electron chi connectivity index (χ0n) is 13.2. The molecule has 6 heteroatoms. The molecule has 1 aliphatic carbocycles. The van der Waals surface area contributed by atoms with E-state index in [-0.39, 0.29) is 24.1 Å². The van der Waals surface area contributed by atoms with Crippen molar-refractivity contribution in [2.24, 2.45) is 5.92 Å². The third-order valence-electron chi connectivity index (χ3n) is 4.20. The van der Waals surface area contributed by atoms with Crippen LogP contribution in [0.2, 0.25) is 0 Å². The molecule has 0 spiro atoms. The monoisotopic (exact) mass is 339 g/mol. The number of carbonyl (C=O) groups is 2. The Morgan fingerprint density at radius 3 is 2.48 bits per heavy atom. The Kier molecular flexibility index (Phi) is 6.04. The number of aliphatic carboxylic acids is 1.